The average Bonchev–Trinajstić information content (AvgIpc) is 2.43. The summed E-state index contributed by atoms with van der Waals surface area (Å²) >= 11 is 0. The van der Waals surface area contributed by atoms with Crippen LogP contribution >= 0.6 is 0 Å². The Balaban J connectivity index is 3.11. The summed E-state index contributed by atoms with van der Waals surface area (Å²) in [4.78, 5) is 4.01. The maximum atomic E-state index is 4.01. The Hall–Kier alpha value is -2.41. The van der Waals surface area contributed by atoms with E-state index >= 15 is 0 Å². The molecule has 0 unspecified atom stereocenters. The van der Waals surface area contributed by atoms with Crippen LogP contribution < -0.4 is 0 Å². The van der Waals surface area contributed by atoms with Gasteiger partial charge < -0.3 is 0 Å². The summed E-state index contributed by atoms with van der Waals surface area (Å²) in [5.41, 5.74) is 3.82. The van der Waals surface area contributed by atoms with E-state index < -0.39 is 0 Å². The first-order valence-corrected chi connectivity index (χ1v) is 5.60. The van der Waals surface area contributed by atoms with Crippen LogP contribution in [-0.2, 0) is 0 Å². The Bertz CT molecular complexity index is 516. The van der Waals surface area contributed by atoms with E-state index in [1.165, 1.54) is 0 Å². The highest BCUT2D eigenvalue weighted by atomic mass is 14.6. The molecule has 0 aliphatic heterocycles. The molecule has 0 spiro atoms. The summed E-state index contributed by atoms with van der Waals surface area (Å²) in [7, 11) is 0. The van der Waals surface area contributed by atoms with Gasteiger partial charge in [-0.25, -0.2) is 0 Å². The third kappa shape index (κ3) is 4.22. The zero-order valence-corrected chi connectivity index (χ0v) is 10.5. The monoisotopic (exact) mass is 235 g/mol. The standard InChI is InChI=1S/C17H17N/c1-5-14(3)7-8-17(13-15(4)6-2)16-9-11-18-12-10-16/h5-13H,1-4H2/b8-7-,17-13+. The van der Waals surface area contributed by atoms with Gasteiger partial charge in [-0.1, -0.05) is 50.6 Å². The molecular formula is C17H17N. The summed E-state index contributed by atoms with van der Waals surface area (Å²) in [5.74, 6) is 0. The van der Waals surface area contributed by atoms with Crippen LogP contribution in [0.1, 0.15) is 5.56 Å². The number of hydrogen-bond donors (Lipinski definition) is 0. The minimum absolute atomic E-state index is 0.857. The number of rotatable bonds is 6. The predicted octanol–water partition coefficient (Wildman–Crippen LogP) is 4.51. The number of allylic oxidation sites excluding steroid dienone is 8. The van der Waals surface area contributed by atoms with E-state index in [1.807, 2.05) is 30.4 Å². The lowest BCUT2D eigenvalue weighted by Gasteiger charge is -2.03. The number of hydrogen-bond acceptors (Lipinski definition) is 1. The van der Waals surface area contributed by atoms with Gasteiger partial charge in [0.15, 0.2) is 0 Å². The topological polar surface area (TPSA) is 12.9 Å². The molecule has 0 radical (unpaired) electrons. The van der Waals surface area contributed by atoms with Crippen molar-refractivity contribution in [2.24, 2.45) is 0 Å². The smallest absolute Gasteiger partial charge is 0.0273 e. The Labute approximate surface area is 109 Å². The first-order chi connectivity index (χ1) is 8.67. The second-order valence-corrected chi connectivity index (χ2v) is 3.73. The van der Waals surface area contributed by atoms with Gasteiger partial charge in [0, 0.05) is 12.4 Å². The van der Waals surface area contributed by atoms with Gasteiger partial charge in [-0.05, 0) is 40.5 Å². The largest absolute Gasteiger partial charge is 0.265 e. The molecule has 0 aliphatic carbocycles. The van der Waals surface area contributed by atoms with Crippen molar-refractivity contribution in [1.82, 2.24) is 4.98 Å². The van der Waals surface area contributed by atoms with Crippen LogP contribution in [0.5, 0.6) is 0 Å². The van der Waals surface area contributed by atoms with Crippen LogP contribution in [0.4, 0.5) is 0 Å². The van der Waals surface area contributed by atoms with Crippen molar-refractivity contribution in [2.45, 2.75) is 0 Å². The molecule has 0 atom stereocenters. The van der Waals surface area contributed by atoms with Crippen LogP contribution in [0.3, 0.4) is 0 Å². The maximum absolute atomic E-state index is 4.01. The maximum Gasteiger partial charge on any atom is 0.0273 e. The molecule has 1 aromatic heterocycles. The molecule has 1 nitrogen and oxygen atoms in total. The third-order valence-electron chi connectivity index (χ3n) is 2.36. The highest BCUT2D eigenvalue weighted by Gasteiger charge is 1.97. The summed E-state index contributed by atoms with van der Waals surface area (Å²) in [6.07, 6.45) is 12.8. The van der Waals surface area contributed by atoms with Gasteiger partial charge in [-0.15, -0.1) is 0 Å². The van der Waals surface area contributed by atoms with Crippen LogP contribution in [0.15, 0.2) is 92.4 Å². The Kier molecular flexibility index (Phi) is 5.33. The van der Waals surface area contributed by atoms with E-state index in [-0.39, 0.29) is 0 Å². The van der Waals surface area contributed by atoms with Crippen molar-refractivity contribution in [2.75, 3.05) is 0 Å². The molecule has 1 heteroatoms. The van der Waals surface area contributed by atoms with E-state index in [9.17, 15) is 0 Å². The zero-order valence-electron chi connectivity index (χ0n) is 10.5. The molecular weight excluding hydrogens is 218 g/mol. The minimum atomic E-state index is 0.857. The number of nitrogens with zero attached hydrogens (tertiary/aromatic N) is 1. The molecule has 0 fully saturated rings. The van der Waals surface area contributed by atoms with Crippen LogP contribution in [-0.4, -0.2) is 4.98 Å². The summed E-state index contributed by atoms with van der Waals surface area (Å²) in [6, 6.07) is 3.90. The van der Waals surface area contributed by atoms with E-state index in [1.54, 1.807) is 24.5 Å². The summed E-state index contributed by atoms with van der Waals surface area (Å²) < 4.78 is 0. The molecule has 0 N–H and O–H groups in total. The van der Waals surface area contributed by atoms with Crippen LogP contribution in [0, 0.1) is 0 Å². The molecule has 0 amide bonds. The van der Waals surface area contributed by atoms with Crippen molar-refractivity contribution in [3.05, 3.63) is 97.9 Å². The highest BCUT2D eigenvalue weighted by molar-refractivity contribution is 5.76. The van der Waals surface area contributed by atoms with Crippen molar-refractivity contribution in [3.8, 4) is 0 Å². The third-order valence-corrected chi connectivity index (χ3v) is 2.36. The molecule has 0 aromatic carbocycles. The number of pyridine rings is 1. The first-order valence-electron chi connectivity index (χ1n) is 5.60. The van der Waals surface area contributed by atoms with Gasteiger partial charge in [0.2, 0.25) is 0 Å². The molecule has 1 aromatic rings. The molecule has 1 heterocycles. The average molecular weight is 235 g/mol. The quantitative estimate of drug-likeness (QED) is 0.661. The fourth-order valence-corrected chi connectivity index (χ4v) is 1.30. The van der Waals surface area contributed by atoms with E-state index in [0.717, 1.165) is 22.3 Å². The molecule has 0 aliphatic rings. The molecule has 18 heavy (non-hydrogen) atoms. The Morgan fingerprint density at radius 1 is 0.944 bits per heavy atom. The van der Waals surface area contributed by atoms with Gasteiger partial charge in [0.25, 0.3) is 0 Å². The lowest BCUT2D eigenvalue weighted by Crippen LogP contribution is -1.83. The second-order valence-electron chi connectivity index (χ2n) is 3.73. The SMILES string of the molecule is C=CC(=C)/C=C\C(=C/C(=C)C=C)c1ccncc1. The predicted molar refractivity (Wildman–Crippen MR) is 80.0 cm³/mol. The van der Waals surface area contributed by atoms with Crippen LogP contribution in [0.2, 0.25) is 0 Å². The fourth-order valence-electron chi connectivity index (χ4n) is 1.30. The molecule has 0 saturated heterocycles. The molecule has 0 saturated carbocycles. The van der Waals surface area contributed by atoms with Gasteiger partial charge in [-0.3, -0.25) is 4.98 Å². The van der Waals surface area contributed by atoms with Gasteiger partial charge in [0.05, 0.1) is 0 Å². The number of aromatic nitrogens is 1. The molecule has 0 bridgehead atoms. The van der Waals surface area contributed by atoms with Crippen molar-refractivity contribution in [3.63, 3.8) is 0 Å². The van der Waals surface area contributed by atoms with Gasteiger partial charge >= 0.3 is 0 Å². The van der Waals surface area contributed by atoms with E-state index in [2.05, 4.69) is 31.3 Å². The normalized spacial score (nSPS) is 11.2. The van der Waals surface area contributed by atoms with Gasteiger partial charge in [-0.2, -0.15) is 0 Å². The van der Waals surface area contributed by atoms with E-state index in [4.69, 9.17) is 0 Å². The Morgan fingerprint density at radius 2 is 1.56 bits per heavy atom. The van der Waals surface area contributed by atoms with Crippen molar-refractivity contribution < 1.29 is 0 Å². The minimum Gasteiger partial charge on any atom is -0.265 e. The molecule has 90 valence electrons. The lowest BCUT2D eigenvalue weighted by atomic mass is 10.0. The zero-order chi connectivity index (χ0) is 13.4. The molecule has 1 rings (SSSR count). The van der Waals surface area contributed by atoms with Crippen LogP contribution in [0.25, 0.3) is 5.57 Å². The highest BCUT2D eigenvalue weighted by Crippen LogP contribution is 2.18. The summed E-state index contributed by atoms with van der Waals surface area (Å²) in [5, 5.41) is 0. The summed E-state index contributed by atoms with van der Waals surface area (Å²) in [6.45, 7) is 15.1. The van der Waals surface area contributed by atoms with Gasteiger partial charge in [0.1, 0.15) is 0 Å². The van der Waals surface area contributed by atoms with Crippen molar-refractivity contribution in [1.29, 1.82) is 0 Å². The fraction of sp³-hybridized carbons (Fsp3) is 0. The second kappa shape index (κ2) is 7.02. The van der Waals surface area contributed by atoms with Crippen molar-refractivity contribution >= 4 is 5.57 Å². The van der Waals surface area contributed by atoms with E-state index in [0.29, 0.717) is 0 Å². The first kappa shape index (κ1) is 13.7. The Morgan fingerprint density at radius 3 is 2.11 bits per heavy atom. The lowest BCUT2D eigenvalue weighted by molar-refractivity contribution is 1.32.